The molecule has 0 aliphatic carbocycles. The van der Waals surface area contributed by atoms with Crippen LogP contribution in [0.3, 0.4) is 0 Å². The van der Waals surface area contributed by atoms with E-state index in [1.54, 1.807) is 18.2 Å². The van der Waals surface area contributed by atoms with Crippen molar-refractivity contribution in [1.82, 2.24) is 10.2 Å². The molecule has 1 aromatic rings. The minimum atomic E-state index is -0.898. The van der Waals surface area contributed by atoms with Crippen LogP contribution in [0.4, 0.5) is 0 Å². The maximum atomic E-state index is 12.3. The van der Waals surface area contributed by atoms with Gasteiger partial charge in [-0.15, -0.1) is 0 Å². The summed E-state index contributed by atoms with van der Waals surface area (Å²) in [6, 6.07) is 3.46. The van der Waals surface area contributed by atoms with Crippen molar-refractivity contribution in [2.45, 2.75) is 19.3 Å². The number of carboxylic acid groups (broad SMARTS) is 1. The van der Waals surface area contributed by atoms with E-state index in [0.29, 0.717) is 28.0 Å². The molecule has 0 radical (unpaired) electrons. The van der Waals surface area contributed by atoms with Crippen LogP contribution in [-0.2, 0) is 14.4 Å². The molecule has 2 N–H and O–H groups in total. The Kier molecular flexibility index (Phi) is 6.56. The van der Waals surface area contributed by atoms with E-state index < -0.39 is 5.97 Å². The summed E-state index contributed by atoms with van der Waals surface area (Å²) in [4.78, 5) is 36.2. The van der Waals surface area contributed by atoms with Gasteiger partial charge in [0.25, 0.3) is 5.91 Å². The fourth-order valence-electron chi connectivity index (χ4n) is 1.96. The second-order valence-corrected chi connectivity index (χ2v) is 6.62. The number of carbonyl (C=O) groups excluding carboxylic acids is 2. The first-order valence-electron chi connectivity index (χ1n) is 7.24. The second kappa shape index (κ2) is 8.65. The van der Waals surface area contributed by atoms with E-state index in [1.807, 2.05) is 0 Å². The summed E-state index contributed by atoms with van der Waals surface area (Å²) >= 11 is 6.35. The largest absolute Gasteiger partial charge is 0.481 e. The molecule has 0 saturated carbocycles. The van der Waals surface area contributed by atoms with Gasteiger partial charge in [0.15, 0.2) is 0 Å². The third kappa shape index (κ3) is 5.20. The van der Waals surface area contributed by atoms with Gasteiger partial charge in [0, 0.05) is 32.0 Å². The van der Waals surface area contributed by atoms with E-state index >= 15 is 0 Å². The molecule has 2 rings (SSSR count). The number of rotatable bonds is 8. The number of furan rings is 1. The van der Waals surface area contributed by atoms with E-state index in [2.05, 4.69) is 5.32 Å². The molecule has 7 nitrogen and oxygen atoms in total. The summed E-state index contributed by atoms with van der Waals surface area (Å²) in [5.74, 6) is -0.832. The van der Waals surface area contributed by atoms with E-state index in [4.69, 9.17) is 21.7 Å². The van der Waals surface area contributed by atoms with Crippen molar-refractivity contribution in [2.24, 2.45) is 0 Å². The van der Waals surface area contributed by atoms with Gasteiger partial charge in [0.2, 0.25) is 5.91 Å². The molecule has 0 atom stereocenters. The highest BCUT2D eigenvalue weighted by atomic mass is 32.2. The molecule has 0 bridgehead atoms. The fraction of sp³-hybridized carbons (Fsp3) is 0.333. The molecular weight excluding hydrogens is 352 g/mol. The molecule has 128 valence electrons. The molecule has 0 spiro atoms. The van der Waals surface area contributed by atoms with Crippen molar-refractivity contribution in [3.8, 4) is 0 Å². The zero-order chi connectivity index (χ0) is 17.5. The normalized spacial score (nSPS) is 16.0. The number of carboxylic acids is 1. The van der Waals surface area contributed by atoms with Gasteiger partial charge >= 0.3 is 5.97 Å². The summed E-state index contributed by atoms with van der Waals surface area (Å²) in [6.45, 7) is 0.479. The summed E-state index contributed by atoms with van der Waals surface area (Å²) in [6.07, 6.45) is 3.61. The molecule has 2 amide bonds. The summed E-state index contributed by atoms with van der Waals surface area (Å²) in [5.41, 5.74) is 0. The first kappa shape index (κ1) is 18.2. The number of amides is 2. The molecule has 24 heavy (non-hydrogen) atoms. The Hall–Kier alpha value is -2.13. The van der Waals surface area contributed by atoms with Crippen LogP contribution in [0.5, 0.6) is 0 Å². The minimum absolute atomic E-state index is 0.00650. The van der Waals surface area contributed by atoms with E-state index in [0.717, 1.165) is 0 Å². The van der Waals surface area contributed by atoms with Crippen LogP contribution < -0.4 is 5.32 Å². The number of nitrogens with one attached hydrogen (secondary N) is 1. The average molecular weight is 368 g/mol. The lowest BCUT2D eigenvalue weighted by Gasteiger charge is -2.14. The van der Waals surface area contributed by atoms with Crippen molar-refractivity contribution in [3.63, 3.8) is 0 Å². The van der Waals surface area contributed by atoms with Gasteiger partial charge in [-0.05, 0) is 18.6 Å². The molecule has 0 aromatic carbocycles. The molecule has 1 aromatic heterocycles. The van der Waals surface area contributed by atoms with Crippen molar-refractivity contribution in [3.05, 3.63) is 29.1 Å². The van der Waals surface area contributed by atoms with E-state index in [-0.39, 0.29) is 31.2 Å². The predicted molar refractivity (Wildman–Crippen MR) is 93.1 cm³/mol. The van der Waals surface area contributed by atoms with Crippen molar-refractivity contribution < 1.29 is 23.9 Å². The third-order valence-corrected chi connectivity index (χ3v) is 4.52. The molecule has 0 unspecified atom stereocenters. The molecule has 1 saturated heterocycles. The standard InChI is InChI=1S/C15H16N2O5S2/c18-12(16-6-1-4-13(19)20)5-7-17-14(21)11(24-15(17)23)9-10-3-2-8-22-10/h2-3,8-9H,1,4-7H2,(H,16,18)(H,19,20)/b11-9-. The number of thioether (sulfide) groups is 1. The molecule has 1 aliphatic heterocycles. The SMILES string of the molecule is O=C(O)CCCNC(=O)CCN1C(=O)/C(=C/c2ccco2)SC1=S. The highest BCUT2D eigenvalue weighted by Crippen LogP contribution is 2.32. The van der Waals surface area contributed by atoms with Gasteiger partial charge in [-0.1, -0.05) is 24.0 Å². The Balaban J connectivity index is 1.80. The third-order valence-electron chi connectivity index (χ3n) is 3.14. The number of thiocarbonyl (C=S) groups is 1. The minimum Gasteiger partial charge on any atom is -0.481 e. The average Bonchev–Trinajstić information content (AvgIpc) is 3.12. The van der Waals surface area contributed by atoms with Gasteiger partial charge in [0.05, 0.1) is 11.2 Å². The zero-order valence-corrected chi connectivity index (χ0v) is 14.3. The first-order chi connectivity index (χ1) is 11.5. The summed E-state index contributed by atoms with van der Waals surface area (Å²) in [5, 5.41) is 11.1. The molecule has 9 heteroatoms. The number of hydrogen-bond donors (Lipinski definition) is 2. The van der Waals surface area contributed by atoms with E-state index in [1.165, 1.54) is 22.9 Å². The van der Waals surface area contributed by atoms with Gasteiger partial charge in [-0.2, -0.15) is 0 Å². The molecule has 2 heterocycles. The predicted octanol–water partition coefficient (Wildman–Crippen LogP) is 1.85. The van der Waals surface area contributed by atoms with Crippen LogP contribution in [0.1, 0.15) is 25.0 Å². The highest BCUT2D eigenvalue weighted by molar-refractivity contribution is 8.26. The smallest absolute Gasteiger partial charge is 0.303 e. The number of nitrogens with zero attached hydrogens (tertiary/aromatic N) is 1. The monoisotopic (exact) mass is 368 g/mol. The van der Waals surface area contributed by atoms with Gasteiger partial charge in [-0.25, -0.2) is 0 Å². The zero-order valence-electron chi connectivity index (χ0n) is 12.7. The van der Waals surface area contributed by atoms with Crippen LogP contribution in [0.2, 0.25) is 0 Å². The fourth-order valence-corrected chi connectivity index (χ4v) is 3.25. The van der Waals surface area contributed by atoms with Crippen LogP contribution >= 0.6 is 24.0 Å². The highest BCUT2D eigenvalue weighted by Gasteiger charge is 2.32. The maximum absolute atomic E-state index is 12.3. The van der Waals surface area contributed by atoms with Crippen LogP contribution in [0.15, 0.2) is 27.7 Å². The van der Waals surface area contributed by atoms with Crippen molar-refractivity contribution in [2.75, 3.05) is 13.1 Å². The Morgan fingerprint density at radius 2 is 2.21 bits per heavy atom. The van der Waals surface area contributed by atoms with Crippen molar-refractivity contribution in [1.29, 1.82) is 0 Å². The number of aliphatic carboxylic acids is 1. The lowest BCUT2D eigenvalue weighted by Crippen LogP contribution is -2.33. The Morgan fingerprint density at radius 1 is 1.42 bits per heavy atom. The molecule has 1 aliphatic rings. The summed E-state index contributed by atoms with van der Waals surface area (Å²) in [7, 11) is 0. The Labute approximate surface area is 148 Å². The van der Waals surface area contributed by atoms with Crippen LogP contribution in [0.25, 0.3) is 6.08 Å². The summed E-state index contributed by atoms with van der Waals surface area (Å²) < 4.78 is 5.57. The topological polar surface area (TPSA) is 99.9 Å². The van der Waals surface area contributed by atoms with Gasteiger partial charge in [0.1, 0.15) is 10.1 Å². The molecular formula is C15H16N2O5S2. The number of hydrogen-bond acceptors (Lipinski definition) is 6. The van der Waals surface area contributed by atoms with Crippen molar-refractivity contribution >= 4 is 52.2 Å². The van der Waals surface area contributed by atoms with Crippen LogP contribution in [0, 0.1) is 0 Å². The number of carbonyl (C=O) groups is 3. The Morgan fingerprint density at radius 3 is 2.88 bits per heavy atom. The second-order valence-electron chi connectivity index (χ2n) is 4.95. The lowest BCUT2D eigenvalue weighted by atomic mass is 10.3. The molecule has 1 fully saturated rings. The maximum Gasteiger partial charge on any atom is 0.303 e. The Bertz CT molecular complexity index is 669. The van der Waals surface area contributed by atoms with Gasteiger partial charge in [-0.3, -0.25) is 19.3 Å². The van der Waals surface area contributed by atoms with Crippen LogP contribution in [-0.4, -0.2) is 45.2 Å². The first-order valence-corrected chi connectivity index (χ1v) is 8.47. The lowest BCUT2D eigenvalue weighted by molar-refractivity contribution is -0.137. The van der Waals surface area contributed by atoms with E-state index in [9.17, 15) is 14.4 Å². The van der Waals surface area contributed by atoms with Gasteiger partial charge < -0.3 is 14.8 Å². The quantitative estimate of drug-likeness (QED) is 0.410.